The molecule has 0 bridgehead atoms. The maximum Gasteiger partial charge on any atom is 0.00669 e. The van der Waals surface area contributed by atoms with Gasteiger partial charge in [-0.2, -0.15) is 0 Å². The van der Waals surface area contributed by atoms with E-state index < -0.39 is 0 Å². The van der Waals surface area contributed by atoms with Gasteiger partial charge < -0.3 is 5.32 Å². The minimum Gasteiger partial charge on any atom is -0.314 e. The van der Waals surface area contributed by atoms with E-state index in [0.717, 1.165) is 12.0 Å². The van der Waals surface area contributed by atoms with Crippen LogP contribution in [0.5, 0.6) is 0 Å². The molecule has 2 atom stereocenters. The highest BCUT2D eigenvalue weighted by atomic mass is 14.9. The van der Waals surface area contributed by atoms with Crippen LogP contribution in [0.2, 0.25) is 0 Å². The van der Waals surface area contributed by atoms with Gasteiger partial charge in [-0.25, -0.2) is 0 Å². The zero-order valence-corrected chi connectivity index (χ0v) is 11.7. The molecule has 0 spiro atoms. The number of nitrogens with one attached hydrogen (secondary N) is 1. The van der Waals surface area contributed by atoms with E-state index in [0.29, 0.717) is 5.41 Å². The molecular weight excluding hydrogens is 182 g/mol. The first-order valence-corrected chi connectivity index (χ1v) is 6.62. The van der Waals surface area contributed by atoms with Gasteiger partial charge in [0.2, 0.25) is 0 Å². The van der Waals surface area contributed by atoms with Gasteiger partial charge in [-0.15, -0.1) is 0 Å². The van der Waals surface area contributed by atoms with Gasteiger partial charge in [-0.1, -0.05) is 41.5 Å². The highest BCUT2D eigenvalue weighted by molar-refractivity contribution is 4.72. The predicted octanol–water partition coefficient (Wildman–Crippen LogP) is 4.23. The van der Waals surface area contributed by atoms with Crippen LogP contribution in [0.1, 0.15) is 67.2 Å². The zero-order chi connectivity index (χ0) is 11.9. The molecule has 1 nitrogen and oxygen atoms in total. The Morgan fingerprint density at radius 2 is 1.73 bits per heavy atom. The molecule has 1 N–H and O–H groups in total. The summed E-state index contributed by atoms with van der Waals surface area (Å²) in [5.74, 6) is 0.833. The Labute approximate surface area is 97.0 Å². The van der Waals surface area contributed by atoms with Crippen LogP contribution in [0.4, 0.5) is 0 Å². The van der Waals surface area contributed by atoms with E-state index in [1.54, 1.807) is 0 Å². The summed E-state index contributed by atoms with van der Waals surface area (Å²) < 4.78 is 0. The maximum absolute atomic E-state index is 3.64. The van der Waals surface area contributed by atoms with Crippen LogP contribution < -0.4 is 5.32 Å². The Kier molecular flexibility index (Phi) is 7.25. The van der Waals surface area contributed by atoms with Crippen molar-refractivity contribution in [2.24, 2.45) is 11.3 Å². The molecule has 0 amide bonds. The van der Waals surface area contributed by atoms with Crippen molar-refractivity contribution in [1.29, 1.82) is 0 Å². The smallest absolute Gasteiger partial charge is 0.00669 e. The molecule has 0 aromatic carbocycles. The summed E-state index contributed by atoms with van der Waals surface area (Å²) >= 11 is 0. The lowest BCUT2D eigenvalue weighted by molar-refractivity contribution is 0.272. The molecule has 0 saturated carbocycles. The average Bonchev–Trinajstić information content (AvgIpc) is 2.09. The van der Waals surface area contributed by atoms with Crippen LogP contribution >= 0.6 is 0 Å². The van der Waals surface area contributed by atoms with Crippen molar-refractivity contribution >= 4 is 0 Å². The molecule has 0 fully saturated rings. The topological polar surface area (TPSA) is 12.0 Å². The fourth-order valence-corrected chi connectivity index (χ4v) is 2.36. The SMILES string of the molecule is CCCNC(CC)CC(C)CC(C)(C)C. The summed E-state index contributed by atoms with van der Waals surface area (Å²) in [6.07, 6.45) is 5.16. The normalized spacial score (nSPS) is 16.4. The van der Waals surface area contributed by atoms with Gasteiger partial charge in [0.25, 0.3) is 0 Å². The van der Waals surface area contributed by atoms with Gasteiger partial charge in [-0.05, 0) is 43.6 Å². The third-order valence-corrected chi connectivity index (χ3v) is 2.82. The van der Waals surface area contributed by atoms with Gasteiger partial charge in [0.05, 0.1) is 0 Å². The molecule has 0 aliphatic carbocycles. The fraction of sp³-hybridized carbons (Fsp3) is 1.00. The molecule has 0 heterocycles. The van der Waals surface area contributed by atoms with Crippen molar-refractivity contribution in [2.75, 3.05) is 6.54 Å². The Bertz CT molecular complexity index is 146. The van der Waals surface area contributed by atoms with E-state index in [4.69, 9.17) is 0 Å². The minimum atomic E-state index is 0.475. The summed E-state index contributed by atoms with van der Waals surface area (Å²) in [5, 5.41) is 3.64. The van der Waals surface area contributed by atoms with Crippen LogP contribution in [-0.2, 0) is 0 Å². The maximum atomic E-state index is 3.64. The Morgan fingerprint density at radius 3 is 2.13 bits per heavy atom. The van der Waals surface area contributed by atoms with Gasteiger partial charge in [0, 0.05) is 6.04 Å². The Balaban J connectivity index is 3.85. The van der Waals surface area contributed by atoms with Gasteiger partial charge in [-0.3, -0.25) is 0 Å². The molecule has 0 rings (SSSR count). The summed E-state index contributed by atoms with van der Waals surface area (Å²) in [6.45, 7) is 15.1. The first-order valence-electron chi connectivity index (χ1n) is 6.62. The molecule has 0 aromatic heterocycles. The quantitative estimate of drug-likeness (QED) is 0.667. The molecule has 0 aromatic rings. The van der Waals surface area contributed by atoms with Crippen LogP contribution in [-0.4, -0.2) is 12.6 Å². The van der Waals surface area contributed by atoms with Crippen LogP contribution in [0.25, 0.3) is 0 Å². The van der Waals surface area contributed by atoms with E-state index >= 15 is 0 Å². The second kappa shape index (κ2) is 7.27. The van der Waals surface area contributed by atoms with Crippen molar-refractivity contribution < 1.29 is 0 Å². The largest absolute Gasteiger partial charge is 0.314 e. The lowest BCUT2D eigenvalue weighted by Crippen LogP contribution is -2.31. The second-order valence-corrected chi connectivity index (χ2v) is 6.16. The van der Waals surface area contributed by atoms with E-state index in [9.17, 15) is 0 Å². The molecule has 0 aliphatic rings. The summed E-state index contributed by atoms with van der Waals surface area (Å²) in [5.41, 5.74) is 0.475. The van der Waals surface area contributed by atoms with Crippen LogP contribution in [0.3, 0.4) is 0 Å². The first-order chi connectivity index (χ1) is 6.89. The van der Waals surface area contributed by atoms with Crippen molar-refractivity contribution in [3.8, 4) is 0 Å². The molecular formula is C14H31N. The van der Waals surface area contributed by atoms with Gasteiger partial charge in [0.15, 0.2) is 0 Å². The molecule has 1 heteroatoms. The standard InChI is InChI=1S/C14H31N/c1-7-9-15-13(8-2)10-12(3)11-14(4,5)6/h12-13,15H,7-11H2,1-6H3. The highest BCUT2D eigenvalue weighted by Crippen LogP contribution is 2.27. The summed E-state index contributed by atoms with van der Waals surface area (Å²) in [6, 6.07) is 0.724. The van der Waals surface area contributed by atoms with E-state index in [1.807, 2.05) is 0 Å². The molecule has 92 valence electrons. The molecule has 2 unspecified atom stereocenters. The number of hydrogen-bond acceptors (Lipinski definition) is 1. The third-order valence-electron chi connectivity index (χ3n) is 2.82. The van der Waals surface area contributed by atoms with E-state index in [-0.39, 0.29) is 0 Å². The molecule has 0 aliphatic heterocycles. The summed E-state index contributed by atoms with van der Waals surface area (Å²) in [7, 11) is 0. The summed E-state index contributed by atoms with van der Waals surface area (Å²) in [4.78, 5) is 0. The van der Waals surface area contributed by atoms with Crippen LogP contribution in [0.15, 0.2) is 0 Å². The average molecular weight is 213 g/mol. The molecule has 0 saturated heterocycles. The Hall–Kier alpha value is -0.0400. The minimum absolute atomic E-state index is 0.475. The first kappa shape index (κ1) is 15.0. The van der Waals surface area contributed by atoms with Crippen LogP contribution in [0, 0.1) is 11.3 Å². The van der Waals surface area contributed by atoms with Crippen molar-refractivity contribution in [1.82, 2.24) is 5.32 Å². The Morgan fingerprint density at radius 1 is 1.13 bits per heavy atom. The second-order valence-electron chi connectivity index (χ2n) is 6.16. The molecule has 15 heavy (non-hydrogen) atoms. The fourth-order valence-electron chi connectivity index (χ4n) is 2.36. The van der Waals surface area contributed by atoms with Crippen molar-refractivity contribution in [3.63, 3.8) is 0 Å². The van der Waals surface area contributed by atoms with E-state index in [2.05, 4.69) is 46.9 Å². The van der Waals surface area contributed by atoms with E-state index in [1.165, 1.54) is 32.2 Å². The van der Waals surface area contributed by atoms with Gasteiger partial charge >= 0.3 is 0 Å². The molecule has 0 radical (unpaired) electrons. The highest BCUT2D eigenvalue weighted by Gasteiger charge is 2.17. The van der Waals surface area contributed by atoms with Crippen molar-refractivity contribution in [3.05, 3.63) is 0 Å². The third kappa shape index (κ3) is 8.92. The zero-order valence-electron chi connectivity index (χ0n) is 11.7. The predicted molar refractivity (Wildman–Crippen MR) is 70.2 cm³/mol. The lowest BCUT2D eigenvalue weighted by atomic mass is 9.82. The van der Waals surface area contributed by atoms with Crippen molar-refractivity contribution in [2.45, 2.75) is 73.3 Å². The number of hydrogen-bond donors (Lipinski definition) is 1. The number of rotatable bonds is 7. The monoisotopic (exact) mass is 213 g/mol. The lowest BCUT2D eigenvalue weighted by Gasteiger charge is -2.26. The van der Waals surface area contributed by atoms with Gasteiger partial charge in [0.1, 0.15) is 0 Å².